The standard InChI is InChI=1S/C16H12FNO2/c1-11-4-2-3-5-13(11)15(19)10-20-16-7-6-12(9-18)8-14(16)17/h2-8H,10H2,1H3. The number of hydrogen-bond acceptors (Lipinski definition) is 3. The van der Waals surface area contributed by atoms with Gasteiger partial charge in [-0.2, -0.15) is 5.26 Å². The largest absolute Gasteiger partial charge is 0.482 e. The van der Waals surface area contributed by atoms with Gasteiger partial charge in [-0.25, -0.2) is 4.39 Å². The second-order valence-corrected chi connectivity index (χ2v) is 4.28. The summed E-state index contributed by atoms with van der Waals surface area (Å²) in [6.07, 6.45) is 0. The highest BCUT2D eigenvalue weighted by molar-refractivity contribution is 5.98. The first-order valence-electron chi connectivity index (χ1n) is 6.03. The van der Waals surface area contributed by atoms with Gasteiger partial charge in [0.2, 0.25) is 0 Å². The third kappa shape index (κ3) is 3.01. The van der Waals surface area contributed by atoms with Crippen LogP contribution in [0.3, 0.4) is 0 Å². The zero-order valence-electron chi connectivity index (χ0n) is 10.9. The van der Waals surface area contributed by atoms with E-state index in [2.05, 4.69) is 0 Å². The number of hydrogen-bond donors (Lipinski definition) is 0. The van der Waals surface area contributed by atoms with Gasteiger partial charge in [-0.1, -0.05) is 24.3 Å². The zero-order valence-corrected chi connectivity index (χ0v) is 10.9. The molecule has 100 valence electrons. The summed E-state index contributed by atoms with van der Waals surface area (Å²) in [7, 11) is 0. The number of carbonyl (C=O) groups is 1. The quantitative estimate of drug-likeness (QED) is 0.800. The number of nitriles is 1. The van der Waals surface area contributed by atoms with E-state index < -0.39 is 5.82 Å². The summed E-state index contributed by atoms with van der Waals surface area (Å²) in [6.45, 7) is 1.59. The van der Waals surface area contributed by atoms with Crippen LogP contribution in [0.2, 0.25) is 0 Å². The Balaban J connectivity index is 2.08. The third-order valence-electron chi connectivity index (χ3n) is 2.87. The highest BCUT2D eigenvalue weighted by Crippen LogP contribution is 2.18. The maximum atomic E-state index is 13.6. The predicted molar refractivity (Wildman–Crippen MR) is 72.1 cm³/mol. The van der Waals surface area contributed by atoms with Gasteiger partial charge in [0.05, 0.1) is 11.6 Å². The molecule has 0 saturated heterocycles. The lowest BCUT2D eigenvalue weighted by Gasteiger charge is -2.08. The summed E-state index contributed by atoms with van der Waals surface area (Å²) in [4.78, 5) is 12.0. The Bertz CT molecular complexity index is 689. The van der Waals surface area contributed by atoms with E-state index in [1.165, 1.54) is 12.1 Å². The molecule has 0 atom stereocenters. The monoisotopic (exact) mass is 269 g/mol. The van der Waals surface area contributed by atoms with Crippen LogP contribution in [0.5, 0.6) is 5.75 Å². The van der Waals surface area contributed by atoms with E-state index in [1.54, 1.807) is 12.1 Å². The topological polar surface area (TPSA) is 50.1 Å². The van der Waals surface area contributed by atoms with Crippen LogP contribution in [0.4, 0.5) is 4.39 Å². The number of rotatable bonds is 4. The van der Waals surface area contributed by atoms with Crippen LogP contribution in [0.1, 0.15) is 21.5 Å². The lowest BCUT2D eigenvalue weighted by molar-refractivity contribution is 0.0918. The maximum absolute atomic E-state index is 13.6. The van der Waals surface area contributed by atoms with Crippen LogP contribution >= 0.6 is 0 Å². The van der Waals surface area contributed by atoms with E-state index in [0.29, 0.717) is 5.56 Å². The molecule has 0 N–H and O–H groups in total. The van der Waals surface area contributed by atoms with Gasteiger partial charge in [-0.05, 0) is 30.7 Å². The molecule has 0 heterocycles. The van der Waals surface area contributed by atoms with Crippen LogP contribution in [-0.4, -0.2) is 12.4 Å². The van der Waals surface area contributed by atoms with Gasteiger partial charge >= 0.3 is 0 Å². The van der Waals surface area contributed by atoms with Gasteiger partial charge in [0.1, 0.15) is 0 Å². The Kier molecular flexibility index (Phi) is 4.11. The van der Waals surface area contributed by atoms with Gasteiger partial charge in [0, 0.05) is 5.56 Å². The van der Waals surface area contributed by atoms with E-state index in [1.807, 2.05) is 25.1 Å². The molecule has 3 nitrogen and oxygen atoms in total. The maximum Gasteiger partial charge on any atom is 0.200 e. The highest BCUT2D eigenvalue weighted by Gasteiger charge is 2.11. The molecule has 0 saturated carbocycles. The van der Waals surface area contributed by atoms with Gasteiger partial charge in [-0.15, -0.1) is 0 Å². The molecule has 0 radical (unpaired) electrons. The lowest BCUT2D eigenvalue weighted by Crippen LogP contribution is -2.13. The first kappa shape index (κ1) is 13.8. The van der Waals surface area contributed by atoms with Crippen LogP contribution in [0.25, 0.3) is 0 Å². The summed E-state index contributed by atoms with van der Waals surface area (Å²) >= 11 is 0. The first-order chi connectivity index (χ1) is 9.61. The molecule has 0 aliphatic carbocycles. The molecule has 0 amide bonds. The number of benzene rings is 2. The molecule has 2 aromatic rings. The number of Topliss-reactive ketones (excluding diaryl/α,β-unsaturated/α-hetero) is 1. The van der Waals surface area contributed by atoms with Crippen LogP contribution in [0, 0.1) is 24.1 Å². The molecular weight excluding hydrogens is 257 g/mol. The number of ketones is 1. The summed E-state index contributed by atoms with van der Waals surface area (Å²) in [5, 5.41) is 8.64. The van der Waals surface area contributed by atoms with Gasteiger partial charge in [-0.3, -0.25) is 4.79 Å². The SMILES string of the molecule is Cc1ccccc1C(=O)COc1ccc(C#N)cc1F. The second-order valence-electron chi connectivity index (χ2n) is 4.28. The van der Waals surface area contributed by atoms with Crippen molar-refractivity contribution < 1.29 is 13.9 Å². The van der Waals surface area contributed by atoms with E-state index in [9.17, 15) is 9.18 Å². The molecule has 0 aliphatic heterocycles. The first-order valence-corrected chi connectivity index (χ1v) is 6.03. The summed E-state index contributed by atoms with van der Waals surface area (Å²) in [5.41, 5.74) is 1.61. The minimum atomic E-state index is -0.651. The van der Waals surface area contributed by atoms with E-state index in [4.69, 9.17) is 10.00 Å². The number of halogens is 1. The van der Waals surface area contributed by atoms with Crippen LogP contribution < -0.4 is 4.74 Å². The number of nitrogens with zero attached hydrogens (tertiary/aromatic N) is 1. The van der Waals surface area contributed by atoms with Gasteiger partial charge in [0.25, 0.3) is 0 Å². The molecule has 20 heavy (non-hydrogen) atoms. The van der Waals surface area contributed by atoms with Crippen LogP contribution in [-0.2, 0) is 0 Å². The molecule has 0 fully saturated rings. The normalized spacial score (nSPS) is 9.85. The summed E-state index contributed by atoms with van der Waals surface area (Å²) in [6, 6.07) is 12.8. The summed E-state index contributed by atoms with van der Waals surface area (Å²) in [5.74, 6) is -0.903. The Morgan fingerprint density at radius 2 is 2.05 bits per heavy atom. The zero-order chi connectivity index (χ0) is 14.5. The number of ether oxygens (including phenoxy) is 1. The predicted octanol–water partition coefficient (Wildman–Crippen LogP) is 3.27. The molecular formula is C16H12FNO2. The van der Waals surface area contributed by atoms with Crippen molar-refractivity contribution in [3.05, 3.63) is 65.0 Å². The third-order valence-corrected chi connectivity index (χ3v) is 2.87. The molecule has 4 heteroatoms. The Morgan fingerprint density at radius 3 is 2.70 bits per heavy atom. The van der Waals surface area contributed by atoms with Crippen molar-refractivity contribution in [2.45, 2.75) is 6.92 Å². The number of carbonyl (C=O) groups excluding carboxylic acids is 1. The minimum Gasteiger partial charge on any atom is -0.482 e. The average Bonchev–Trinajstić information content (AvgIpc) is 2.46. The smallest absolute Gasteiger partial charge is 0.200 e. The Morgan fingerprint density at radius 1 is 1.30 bits per heavy atom. The van der Waals surface area contributed by atoms with E-state index in [-0.39, 0.29) is 23.7 Å². The molecule has 2 rings (SSSR count). The van der Waals surface area contributed by atoms with E-state index >= 15 is 0 Å². The van der Waals surface area contributed by atoms with Gasteiger partial charge < -0.3 is 4.74 Å². The molecule has 0 spiro atoms. The minimum absolute atomic E-state index is 0.0362. The highest BCUT2D eigenvalue weighted by atomic mass is 19.1. The fourth-order valence-corrected chi connectivity index (χ4v) is 1.79. The fraction of sp³-hybridized carbons (Fsp3) is 0.125. The molecule has 0 unspecified atom stereocenters. The van der Waals surface area contributed by atoms with Crippen molar-refractivity contribution in [2.24, 2.45) is 0 Å². The van der Waals surface area contributed by atoms with Crippen molar-refractivity contribution in [1.29, 1.82) is 5.26 Å². The Labute approximate surface area is 116 Å². The Hall–Kier alpha value is -2.67. The van der Waals surface area contributed by atoms with Crippen molar-refractivity contribution in [3.8, 4) is 11.8 Å². The fourth-order valence-electron chi connectivity index (χ4n) is 1.79. The average molecular weight is 269 g/mol. The van der Waals surface area contributed by atoms with Crippen LogP contribution in [0.15, 0.2) is 42.5 Å². The molecule has 0 aliphatic rings. The van der Waals surface area contributed by atoms with Gasteiger partial charge in [0.15, 0.2) is 24.0 Å². The summed E-state index contributed by atoms with van der Waals surface area (Å²) < 4.78 is 18.8. The van der Waals surface area contributed by atoms with Crippen molar-refractivity contribution in [2.75, 3.05) is 6.61 Å². The van der Waals surface area contributed by atoms with E-state index in [0.717, 1.165) is 11.6 Å². The second kappa shape index (κ2) is 5.98. The number of aryl methyl sites for hydroxylation is 1. The molecule has 2 aromatic carbocycles. The van der Waals surface area contributed by atoms with Crippen molar-refractivity contribution in [1.82, 2.24) is 0 Å². The van der Waals surface area contributed by atoms with Crippen molar-refractivity contribution >= 4 is 5.78 Å². The molecule has 0 aromatic heterocycles. The van der Waals surface area contributed by atoms with Crippen molar-refractivity contribution in [3.63, 3.8) is 0 Å². The lowest BCUT2D eigenvalue weighted by atomic mass is 10.1. The molecule has 0 bridgehead atoms.